The third-order valence-electron chi connectivity index (χ3n) is 6.36. The molecule has 0 aliphatic carbocycles. The third-order valence-corrected chi connectivity index (χ3v) is 6.36. The van der Waals surface area contributed by atoms with Gasteiger partial charge in [-0.3, -0.25) is 4.98 Å². The summed E-state index contributed by atoms with van der Waals surface area (Å²) in [5, 5.41) is 0. The summed E-state index contributed by atoms with van der Waals surface area (Å²) in [6.45, 7) is 4.51. The number of rotatable bonds is 19. The fourth-order valence-electron chi connectivity index (χ4n) is 4.18. The number of hydrogen-bond donors (Lipinski definition) is 0. The molecule has 0 aliphatic rings. The van der Waals surface area contributed by atoms with Crippen LogP contribution in [0.4, 0.5) is 4.39 Å². The highest BCUT2D eigenvalue weighted by molar-refractivity contribution is 5.59. The van der Waals surface area contributed by atoms with E-state index in [9.17, 15) is 4.39 Å². The lowest BCUT2D eigenvalue weighted by atomic mass is 10.0. The summed E-state index contributed by atoms with van der Waals surface area (Å²) < 4.78 is 19.4. The number of nitrogens with zero attached hydrogens (tertiary/aromatic N) is 1. The molecule has 0 amide bonds. The molecule has 0 aliphatic heterocycles. The van der Waals surface area contributed by atoms with Crippen LogP contribution in [0.1, 0.15) is 109 Å². The van der Waals surface area contributed by atoms with E-state index < -0.39 is 6.17 Å². The molecule has 0 N–H and O–H groups in total. The van der Waals surface area contributed by atoms with Gasteiger partial charge in [-0.15, -0.1) is 0 Å². The average Bonchev–Trinajstić information content (AvgIpc) is 2.85. The van der Waals surface area contributed by atoms with Crippen molar-refractivity contribution in [1.82, 2.24) is 4.98 Å². The van der Waals surface area contributed by atoms with E-state index in [2.05, 4.69) is 43.1 Å². The van der Waals surface area contributed by atoms with Crippen LogP contribution in [0.2, 0.25) is 0 Å². The Balaban J connectivity index is 1.62. The van der Waals surface area contributed by atoms with E-state index in [0.29, 0.717) is 12.2 Å². The number of hydrogen-bond acceptors (Lipinski definition) is 2. The topological polar surface area (TPSA) is 22.1 Å². The molecule has 33 heavy (non-hydrogen) atoms. The number of pyridine rings is 1. The van der Waals surface area contributed by atoms with Gasteiger partial charge in [0.1, 0.15) is 18.5 Å². The van der Waals surface area contributed by atoms with E-state index in [4.69, 9.17) is 4.74 Å². The molecule has 1 unspecified atom stereocenters. The van der Waals surface area contributed by atoms with Crippen molar-refractivity contribution in [1.29, 1.82) is 0 Å². The average molecular weight is 456 g/mol. The summed E-state index contributed by atoms with van der Waals surface area (Å²) in [6.07, 6.45) is 19.4. The van der Waals surface area contributed by atoms with Gasteiger partial charge in [0.15, 0.2) is 0 Å². The molecule has 1 heterocycles. The number of benzene rings is 1. The Morgan fingerprint density at radius 1 is 0.727 bits per heavy atom. The van der Waals surface area contributed by atoms with Crippen LogP contribution in [0.5, 0.6) is 5.75 Å². The first-order chi connectivity index (χ1) is 16.2. The monoisotopic (exact) mass is 455 g/mol. The molecule has 0 fully saturated rings. The predicted octanol–water partition coefficient (Wildman–Crippen LogP) is 9.51. The zero-order valence-corrected chi connectivity index (χ0v) is 21.2. The van der Waals surface area contributed by atoms with Gasteiger partial charge in [0.2, 0.25) is 0 Å². The number of ether oxygens (including phenoxy) is 1. The summed E-state index contributed by atoms with van der Waals surface area (Å²) in [5.74, 6) is 0.634. The fourth-order valence-corrected chi connectivity index (χ4v) is 4.18. The molecule has 2 nitrogen and oxygen atoms in total. The van der Waals surface area contributed by atoms with Crippen LogP contribution in [0.3, 0.4) is 0 Å². The van der Waals surface area contributed by atoms with Crippen molar-refractivity contribution >= 4 is 0 Å². The molecule has 1 atom stereocenters. The Morgan fingerprint density at radius 3 is 1.94 bits per heavy atom. The van der Waals surface area contributed by atoms with Crippen molar-refractivity contribution in [2.45, 2.75) is 116 Å². The Hall–Kier alpha value is -1.90. The molecule has 2 rings (SSSR count). The zero-order valence-electron chi connectivity index (χ0n) is 21.2. The third kappa shape index (κ3) is 12.2. The lowest BCUT2D eigenvalue weighted by Crippen LogP contribution is -2.12. The Morgan fingerprint density at radius 2 is 1.33 bits per heavy atom. The van der Waals surface area contributed by atoms with Gasteiger partial charge < -0.3 is 4.74 Å². The van der Waals surface area contributed by atoms with Crippen LogP contribution in [0.25, 0.3) is 11.3 Å². The molecule has 0 saturated carbocycles. The maximum Gasteiger partial charge on any atom is 0.137 e. The van der Waals surface area contributed by atoms with Gasteiger partial charge >= 0.3 is 0 Å². The van der Waals surface area contributed by atoms with Crippen molar-refractivity contribution < 1.29 is 9.13 Å². The number of aryl methyl sites for hydroxylation is 1. The van der Waals surface area contributed by atoms with Crippen LogP contribution in [-0.2, 0) is 6.42 Å². The highest BCUT2D eigenvalue weighted by Gasteiger charge is 2.08. The van der Waals surface area contributed by atoms with Gasteiger partial charge in [0.25, 0.3) is 0 Å². The maximum absolute atomic E-state index is 13.9. The fraction of sp³-hybridized carbons (Fsp3) is 0.633. The Bertz CT molecular complexity index is 713. The smallest absolute Gasteiger partial charge is 0.137 e. The second-order valence-electron chi connectivity index (χ2n) is 9.41. The number of unbranched alkanes of at least 4 members (excludes halogenated alkanes) is 11. The second kappa shape index (κ2) is 17.6. The van der Waals surface area contributed by atoms with Gasteiger partial charge in [-0.05, 0) is 37.0 Å². The van der Waals surface area contributed by atoms with Crippen LogP contribution >= 0.6 is 0 Å². The minimum Gasteiger partial charge on any atom is -0.489 e. The van der Waals surface area contributed by atoms with E-state index in [1.807, 2.05) is 12.1 Å². The molecule has 0 spiro atoms. The van der Waals surface area contributed by atoms with Crippen LogP contribution in [0, 0.1) is 0 Å². The number of halogens is 1. The van der Waals surface area contributed by atoms with Gasteiger partial charge in [0, 0.05) is 5.56 Å². The van der Waals surface area contributed by atoms with Crippen molar-refractivity contribution in [2.75, 3.05) is 6.61 Å². The van der Waals surface area contributed by atoms with Crippen molar-refractivity contribution in [3.05, 3.63) is 48.2 Å². The van der Waals surface area contributed by atoms with Gasteiger partial charge in [-0.1, -0.05) is 115 Å². The van der Waals surface area contributed by atoms with Crippen LogP contribution in [-0.4, -0.2) is 17.8 Å². The molecular weight excluding hydrogens is 409 g/mol. The van der Waals surface area contributed by atoms with Crippen molar-refractivity contribution in [2.24, 2.45) is 0 Å². The zero-order chi connectivity index (χ0) is 23.6. The van der Waals surface area contributed by atoms with E-state index in [0.717, 1.165) is 36.9 Å². The second-order valence-corrected chi connectivity index (χ2v) is 9.41. The minimum absolute atomic E-state index is 0.110. The summed E-state index contributed by atoms with van der Waals surface area (Å²) in [4.78, 5) is 4.51. The van der Waals surface area contributed by atoms with E-state index in [1.165, 1.54) is 69.8 Å². The quantitative estimate of drug-likeness (QED) is 0.197. The first kappa shape index (κ1) is 27.3. The molecular formula is C30H46FNO. The van der Waals surface area contributed by atoms with Crippen molar-refractivity contribution in [3.8, 4) is 17.0 Å². The number of alkyl halides is 1. The highest BCUT2D eigenvalue weighted by atomic mass is 19.1. The first-order valence-electron chi connectivity index (χ1n) is 13.5. The summed E-state index contributed by atoms with van der Waals surface area (Å²) >= 11 is 0. The van der Waals surface area contributed by atoms with Gasteiger partial charge in [-0.25, -0.2) is 4.39 Å². The summed E-state index contributed by atoms with van der Waals surface area (Å²) in [6, 6.07) is 12.6. The molecule has 0 saturated heterocycles. The SMILES string of the molecule is CCCCCCCCCCCCc1ccc(-c2ccc(OCC(F)CCCCC)cn2)cc1. The normalized spacial score (nSPS) is 12.1. The molecule has 0 bridgehead atoms. The van der Waals surface area contributed by atoms with Gasteiger partial charge in [-0.2, -0.15) is 0 Å². The molecule has 0 radical (unpaired) electrons. The highest BCUT2D eigenvalue weighted by Crippen LogP contribution is 2.21. The Labute approximate surface area is 202 Å². The maximum atomic E-state index is 13.9. The van der Waals surface area contributed by atoms with Crippen LogP contribution < -0.4 is 4.74 Å². The largest absolute Gasteiger partial charge is 0.489 e. The van der Waals surface area contributed by atoms with E-state index >= 15 is 0 Å². The standard InChI is InChI=1S/C30H46FNO/c1-3-5-7-8-9-10-11-12-13-15-16-26-18-20-27(21-19-26)30-23-22-29(24-32-30)33-25-28(31)17-14-6-4-2/h18-24,28H,3-17,25H2,1-2H3. The lowest BCUT2D eigenvalue weighted by molar-refractivity contribution is 0.183. The molecule has 3 heteroatoms. The van der Waals surface area contributed by atoms with E-state index in [1.54, 1.807) is 6.20 Å². The molecule has 1 aromatic heterocycles. The minimum atomic E-state index is -0.903. The molecule has 1 aromatic carbocycles. The lowest BCUT2D eigenvalue weighted by Gasteiger charge is -2.10. The van der Waals surface area contributed by atoms with Crippen LogP contribution in [0.15, 0.2) is 42.6 Å². The van der Waals surface area contributed by atoms with E-state index in [-0.39, 0.29) is 6.61 Å². The molecule has 184 valence electrons. The molecule has 2 aromatic rings. The predicted molar refractivity (Wildman–Crippen MR) is 140 cm³/mol. The number of aromatic nitrogens is 1. The van der Waals surface area contributed by atoms with Crippen molar-refractivity contribution in [3.63, 3.8) is 0 Å². The summed E-state index contributed by atoms with van der Waals surface area (Å²) in [7, 11) is 0. The Kier molecular flexibility index (Phi) is 14.6. The van der Waals surface area contributed by atoms with Gasteiger partial charge in [0.05, 0.1) is 11.9 Å². The first-order valence-corrected chi connectivity index (χ1v) is 13.5. The summed E-state index contributed by atoms with van der Waals surface area (Å²) in [5.41, 5.74) is 3.43.